The van der Waals surface area contributed by atoms with Crippen molar-refractivity contribution in [1.82, 2.24) is 0 Å². The van der Waals surface area contributed by atoms with Crippen LogP contribution in [0.3, 0.4) is 0 Å². The summed E-state index contributed by atoms with van der Waals surface area (Å²) in [5.74, 6) is -0.440. The molecule has 1 unspecified atom stereocenters. The zero-order chi connectivity index (χ0) is 46.3. The molecule has 0 heterocycles. The third-order valence-electron chi connectivity index (χ3n) is 11.7. The molecule has 0 aliphatic carbocycles. The Bertz CT molecular complexity index is 1150. The second kappa shape index (κ2) is 54.7. The van der Waals surface area contributed by atoms with E-state index >= 15 is 0 Å². The van der Waals surface area contributed by atoms with Crippen molar-refractivity contribution in [3.8, 4) is 0 Å². The fraction of sp³-hybridized carbons (Fsp3) is 0.763. The lowest BCUT2D eigenvalue weighted by Gasteiger charge is -2.18. The van der Waals surface area contributed by atoms with Crippen molar-refractivity contribution in [3.05, 3.63) is 72.9 Å². The third kappa shape index (κ3) is 52.0. The van der Waals surface area contributed by atoms with Crippen LogP contribution in [-0.2, 0) is 23.8 Å². The summed E-state index contributed by atoms with van der Waals surface area (Å²) in [5, 5.41) is 0. The van der Waals surface area contributed by atoms with Gasteiger partial charge in [0.2, 0.25) is 0 Å². The van der Waals surface area contributed by atoms with E-state index in [1.54, 1.807) is 0 Å². The molecule has 0 amide bonds. The molecule has 0 bridgehead atoms. The Kier molecular flexibility index (Phi) is 52.4. The lowest BCUT2D eigenvalue weighted by atomic mass is 10.0. The van der Waals surface area contributed by atoms with E-state index in [0.717, 1.165) is 77.0 Å². The van der Waals surface area contributed by atoms with Crippen LogP contribution in [-0.4, -0.2) is 37.9 Å². The molecule has 0 saturated heterocycles. The highest BCUT2D eigenvalue weighted by atomic mass is 16.6. The van der Waals surface area contributed by atoms with Crippen LogP contribution in [0.1, 0.15) is 265 Å². The highest BCUT2D eigenvalue weighted by Crippen LogP contribution is 2.15. The number of ether oxygens (including phenoxy) is 3. The molecule has 0 aromatic heterocycles. The van der Waals surface area contributed by atoms with Crippen LogP contribution in [0, 0.1) is 0 Å². The second-order valence-corrected chi connectivity index (χ2v) is 18.1. The van der Waals surface area contributed by atoms with E-state index in [0.29, 0.717) is 19.4 Å². The summed E-state index contributed by atoms with van der Waals surface area (Å²) in [6, 6.07) is 0. The Morgan fingerprint density at radius 3 is 1.19 bits per heavy atom. The Labute approximate surface area is 397 Å². The van der Waals surface area contributed by atoms with E-state index in [1.165, 1.54) is 154 Å². The van der Waals surface area contributed by atoms with Gasteiger partial charge in [-0.2, -0.15) is 0 Å². The van der Waals surface area contributed by atoms with Crippen LogP contribution in [0.25, 0.3) is 0 Å². The van der Waals surface area contributed by atoms with Gasteiger partial charge in [0, 0.05) is 19.4 Å². The van der Waals surface area contributed by atoms with Gasteiger partial charge in [-0.25, -0.2) is 0 Å². The first kappa shape index (κ1) is 61.3. The van der Waals surface area contributed by atoms with E-state index in [-0.39, 0.29) is 25.2 Å². The predicted octanol–water partition coefficient (Wildman–Crippen LogP) is 18.7. The molecular formula is C59H104O5. The number of carbonyl (C=O) groups excluding carboxylic acids is 2. The Balaban J connectivity index is 4.32. The monoisotopic (exact) mass is 893 g/mol. The number of rotatable bonds is 50. The first-order chi connectivity index (χ1) is 31.6. The van der Waals surface area contributed by atoms with E-state index in [9.17, 15) is 9.59 Å². The topological polar surface area (TPSA) is 61.8 Å². The molecule has 0 rings (SSSR count). The molecule has 0 saturated carbocycles. The maximum atomic E-state index is 12.8. The van der Waals surface area contributed by atoms with Crippen LogP contribution in [0.5, 0.6) is 0 Å². The molecule has 0 spiro atoms. The zero-order valence-corrected chi connectivity index (χ0v) is 42.5. The lowest BCUT2D eigenvalue weighted by Crippen LogP contribution is -2.30. The summed E-state index contributed by atoms with van der Waals surface area (Å²) in [4.78, 5) is 25.4. The summed E-state index contributed by atoms with van der Waals surface area (Å²) in [6.45, 7) is 7.66. The first-order valence-electron chi connectivity index (χ1n) is 27.5. The molecule has 1 atom stereocenters. The van der Waals surface area contributed by atoms with Gasteiger partial charge in [0.1, 0.15) is 6.61 Å². The van der Waals surface area contributed by atoms with Crippen molar-refractivity contribution in [3.63, 3.8) is 0 Å². The van der Waals surface area contributed by atoms with Gasteiger partial charge < -0.3 is 14.2 Å². The summed E-state index contributed by atoms with van der Waals surface area (Å²) < 4.78 is 17.4. The van der Waals surface area contributed by atoms with Crippen molar-refractivity contribution in [2.75, 3.05) is 19.8 Å². The number of allylic oxidation sites excluding steroid dienone is 12. The molecule has 0 aromatic rings. The molecule has 0 aliphatic rings. The summed E-state index contributed by atoms with van der Waals surface area (Å²) >= 11 is 0. The summed E-state index contributed by atoms with van der Waals surface area (Å²) in [7, 11) is 0. The van der Waals surface area contributed by atoms with Crippen LogP contribution in [0.2, 0.25) is 0 Å². The van der Waals surface area contributed by atoms with Gasteiger partial charge in [0.15, 0.2) is 6.10 Å². The van der Waals surface area contributed by atoms with Crippen molar-refractivity contribution in [2.24, 2.45) is 0 Å². The maximum Gasteiger partial charge on any atom is 0.306 e. The minimum absolute atomic E-state index is 0.0618. The number of esters is 2. The smallest absolute Gasteiger partial charge is 0.306 e. The molecule has 5 heteroatoms. The van der Waals surface area contributed by atoms with Gasteiger partial charge in [-0.1, -0.05) is 235 Å². The van der Waals surface area contributed by atoms with Gasteiger partial charge in [0.05, 0.1) is 6.61 Å². The average molecular weight is 893 g/mol. The number of carbonyl (C=O) groups is 2. The first-order valence-corrected chi connectivity index (χ1v) is 27.5. The molecule has 0 fully saturated rings. The highest BCUT2D eigenvalue weighted by Gasteiger charge is 2.17. The zero-order valence-electron chi connectivity index (χ0n) is 42.5. The standard InChI is InChI=1S/C59H104O5/c1-4-7-10-13-16-19-22-25-28-29-30-33-36-39-42-45-48-51-54-62-55-57(64-59(61)53-50-47-44-41-38-35-32-27-24-21-18-15-12-9-6-3)56-63-58(60)52-49-46-43-40-37-34-31-26-23-20-17-14-11-8-5-2/h8,11,16-17,19-20,25-26,28,31,37,40,57H,4-7,9-10,12-15,18,21-24,27,29-30,32-36,38-39,41-56H2,1-3H3/b11-8-,19-16-,20-17-,28-25-,31-26-,40-37-. The normalized spacial score (nSPS) is 12.7. The van der Waals surface area contributed by atoms with Gasteiger partial charge >= 0.3 is 11.9 Å². The fourth-order valence-corrected chi connectivity index (χ4v) is 7.65. The molecule has 0 aliphatic heterocycles. The van der Waals surface area contributed by atoms with E-state index in [2.05, 4.69) is 93.7 Å². The molecule has 0 radical (unpaired) electrons. The minimum atomic E-state index is -0.556. The fourth-order valence-electron chi connectivity index (χ4n) is 7.65. The lowest BCUT2D eigenvalue weighted by molar-refractivity contribution is -0.163. The quantitative estimate of drug-likeness (QED) is 0.0346. The number of hydrogen-bond donors (Lipinski definition) is 0. The Morgan fingerprint density at radius 1 is 0.359 bits per heavy atom. The molecule has 0 aromatic carbocycles. The van der Waals surface area contributed by atoms with Gasteiger partial charge in [-0.05, 0) is 89.9 Å². The van der Waals surface area contributed by atoms with Crippen molar-refractivity contribution < 1.29 is 23.8 Å². The van der Waals surface area contributed by atoms with E-state index in [1.807, 2.05) is 0 Å². The van der Waals surface area contributed by atoms with Crippen LogP contribution in [0.4, 0.5) is 0 Å². The number of unbranched alkanes of at least 4 members (excludes halogenated alkanes) is 27. The largest absolute Gasteiger partial charge is 0.462 e. The molecule has 0 N–H and O–H groups in total. The van der Waals surface area contributed by atoms with Gasteiger partial charge in [-0.3, -0.25) is 9.59 Å². The molecule has 370 valence electrons. The Hall–Kier alpha value is -2.66. The molecule has 5 nitrogen and oxygen atoms in total. The van der Waals surface area contributed by atoms with Gasteiger partial charge in [-0.15, -0.1) is 0 Å². The van der Waals surface area contributed by atoms with Crippen LogP contribution >= 0.6 is 0 Å². The van der Waals surface area contributed by atoms with Crippen molar-refractivity contribution in [1.29, 1.82) is 0 Å². The maximum absolute atomic E-state index is 12.8. The second-order valence-electron chi connectivity index (χ2n) is 18.1. The van der Waals surface area contributed by atoms with Crippen LogP contribution in [0.15, 0.2) is 72.9 Å². The van der Waals surface area contributed by atoms with E-state index < -0.39 is 6.10 Å². The minimum Gasteiger partial charge on any atom is -0.462 e. The van der Waals surface area contributed by atoms with Crippen LogP contribution < -0.4 is 0 Å². The average Bonchev–Trinajstić information content (AvgIpc) is 3.30. The van der Waals surface area contributed by atoms with E-state index in [4.69, 9.17) is 14.2 Å². The predicted molar refractivity (Wildman–Crippen MR) is 279 cm³/mol. The number of hydrogen-bond acceptors (Lipinski definition) is 5. The SMILES string of the molecule is CC/C=C\C/C=C\C/C=C\C/C=C\CCCCC(=O)OCC(COCCCCCCCCCC/C=C\C/C=C\CCCCC)OC(=O)CCCCCCCCCCCCCCCCC. The summed E-state index contributed by atoms with van der Waals surface area (Å²) in [5.41, 5.74) is 0. The highest BCUT2D eigenvalue weighted by molar-refractivity contribution is 5.70. The molecule has 64 heavy (non-hydrogen) atoms. The Morgan fingerprint density at radius 2 is 0.703 bits per heavy atom. The third-order valence-corrected chi connectivity index (χ3v) is 11.7. The van der Waals surface area contributed by atoms with Gasteiger partial charge in [0.25, 0.3) is 0 Å². The summed E-state index contributed by atoms with van der Waals surface area (Å²) in [6.07, 6.45) is 70.6. The van der Waals surface area contributed by atoms with Crippen molar-refractivity contribution in [2.45, 2.75) is 271 Å². The van der Waals surface area contributed by atoms with Crippen molar-refractivity contribution >= 4 is 11.9 Å². The molecular weight excluding hydrogens is 789 g/mol.